The molecule has 2 heterocycles. The van der Waals surface area contributed by atoms with Crippen LogP contribution in [0.1, 0.15) is 49.0 Å². The van der Waals surface area contributed by atoms with Crippen molar-refractivity contribution in [2.75, 3.05) is 11.1 Å². The fraction of sp³-hybridized carbons (Fsp3) is 0.316. The quantitative estimate of drug-likeness (QED) is 0.530. The van der Waals surface area contributed by atoms with Gasteiger partial charge in [0.1, 0.15) is 0 Å². The van der Waals surface area contributed by atoms with Crippen molar-refractivity contribution in [3.05, 3.63) is 53.3 Å². The van der Waals surface area contributed by atoms with E-state index in [9.17, 15) is 9.59 Å². The molecule has 2 aromatic heterocycles. The fourth-order valence-electron chi connectivity index (χ4n) is 2.67. The first kappa shape index (κ1) is 21.0. The standard InChI is InChI=1S/C19H22N6O2S2/c1-12(2)25-16(13(3)21-17(27)14-7-5-4-6-8-14)23-24-19(25)29-11-15(26)22-18-20-9-10-28-18/h4-10,12-13H,11H2,1-3H3,(H,21,27)(H,20,22,26). The van der Waals surface area contributed by atoms with E-state index < -0.39 is 0 Å². The Bertz CT molecular complexity index is 957. The molecule has 0 spiro atoms. The number of hydrogen-bond acceptors (Lipinski definition) is 7. The van der Waals surface area contributed by atoms with Gasteiger partial charge >= 0.3 is 0 Å². The fourth-order valence-corrected chi connectivity index (χ4v) is 4.09. The summed E-state index contributed by atoms with van der Waals surface area (Å²) in [5.74, 6) is 0.505. The van der Waals surface area contributed by atoms with Crippen molar-refractivity contribution in [1.82, 2.24) is 25.1 Å². The number of amides is 2. The molecule has 0 aliphatic carbocycles. The summed E-state index contributed by atoms with van der Waals surface area (Å²) in [6.07, 6.45) is 1.64. The summed E-state index contributed by atoms with van der Waals surface area (Å²) in [4.78, 5) is 28.6. The number of benzene rings is 1. The van der Waals surface area contributed by atoms with Gasteiger partial charge in [-0.15, -0.1) is 21.5 Å². The molecule has 0 aliphatic heterocycles. The molecule has 0 saturated heterocycles. The first-order valence-corrected chi connectivity index (χ1v) is 10.9. The molecule has 3 rings (SSSR count). The molecule has 10 heteroatoms. The van der Waals surface area contributed by atoms with Crippen molar-refractivity contribution in [3.8, 4) is 0 Å². The van der Waals surface area contributed by atoms with E-state index in [4.69, 9.17) is 0 Å². The maximum Gasteiger partial charge on any atom is 0.251 e. The van der Waals surface area contributed by atoms with E-state index in [0.717, 1.165) is 0 Å². The molecular formula is C19H22N6O2S2. The largest absolute Gasteiger partial charge is 0.342 e. The van der Waals surface area contributed by atoms with Gasteiger partial charge in [-0.05, 0) is 32.9 Å². The van der Waals surface area contributed by atoms with E-state index in [2.05, 4.69) is 25.8 Å². The van der Waals surface area contributed by atoms with Crippen LogP contribution in [0.3, 0.4) is 0 Å². The molecule has 0 radical (unpaired) electrons. The van der Waals surface area contributed by atoms with E-state index in [1.54, 1.807) is 23.7 Å². The lowest BCUT2D eigenvalue weighted by Crippen LogP contribution is -2.29. The molecule has 0 fully saturated rings. The molecular weight excluding hydrogens is 408 g/mol. The Labute approximate surface area is 177 Å². The minimum atomic E-state index is -0.337. The molecule has 8 nitrogen and oxygen atoms in total. The lowest BCUT2D eigenvalue weighted by molar-refractivity contribution is -0.113. The van der Waals surface area contributed by atoms with E-state index >= 15 is 0 Å². The SMILES string of the molecule is CC(NC(=O)c1ccccc1)c1nnc(SCC(=O)Nc2nccs2)n1C(C)C. The van der Waals surface area contributed by atoms with E-state index in [1.807, 2.05) is 43.5 Å². The number of nitrogens with one attached hydrogen (secondary N) is 2. The highest BCUT2D eigenvalue weighted by Crippen LogP contribution is 2.25. The Balaban J connectivity index is 1.67. The number of hydrogen-bond donors (Lipinski definition) is 2. The van der Waals surface area contributed by atoms with Crippen LogP contribution in [-0.4, -0.2) is 37.3 Å². The molecule has 1 atom stereocenters. The Morgan fingerprint density at radius 2 is 1.93 bits per heavy atom. The van der Waals surface area contributed by atoms with Crippen molar-refractivity contribution < 1.29 is 9.59 Å². The van der Waals surface area contributed by atoms with Crippen LogP contribution in [0.2, 0.25) is 0 Å². The van der Waals surface area contributed by atoms with Crippen molar-refractivity contribution in [2.45, 2.75) is 38.0 Å². The van der Waals surface area contributed by atoms with Crippen molar-refractivity contribution in [3.63, 3.8) is 0 Å². The van der Waals surface area contributed by atoms with Gasteiger partial charge in [-0.1, -0.05) is 30.0 Å². The minimum absolute atomic E-state index is 0.0700. The Hall–Kier alpha value is -2.72. The van der Waals surface area contributed by atoms with Crippen LogP contribution in [0.5, 0.6) is 0 Å². The number of thiazole rings is 1. The third kappa shape index (κ3) is 5.42. The molecule has 2 N–H and O–H groups in total. The number of carbonyl (C=O) groups is 2. The topological polar surface area (TPSA) is 102 Å². The number of nitrogens with zero attached hydrogens (tertiary/aromatic N) is 4. The molecule has 29 heavy (non-hydrogen) atoms. The lowest BCUT2D eigenvalue weighted by atomic mass is 10.2. The number of aromatic nitrogens is 4. The zero-order valence-electron chi connectivity index (χ0n) is 16.3. The van der Waals surface area contributed by atoms with Crippen molar-refractivity contribution in [2.24, 2.45) is 0 Å². The van der Waals surface area contributed by atoms with E-state index in [-0.39, 0.29) is 29.7 Å². The Kier molecular flexibility index (Phi) is 6.99. The van der Waals surface area contributed by atoms with Crippen LogP contribution in [0.4, 0.5) is 5.13 Å². The maximum absolute atomic E-state index is 12.5. The van der Waals surface area contributed by atoms with Crippen LogP contribution in [0.25, 0.3) is 0 Å². The van der Waals surface area contributed by atoms with Crippen LogP contribution >= 0.6 is 23.1 Å². The van der Waals surface area contributed by atoms with Gasteiger partial charge in [0.15, 0.2) is 16.1 Å². The van der Waals surface area contributed by atoms with Gasteiger partial charge in [-0.2, -0.15) is 0 Å². The second kappa shape index (κ2) is 9.66. The van der Waals surface area contributed by atoms with Gasteiger partial charge in [-0.25, -0.2) is 4.98 Å². The van der Waals surface area contributed by atoms with Gasteiger partial charge < -0.3 is 15.2 Å². The molecule has 0 saturated carbocycles. The van der Waals surface area contributed by atoms with Gasteiger partial charge in [0, 0.05) is 23.2 Å². The summed E-state index contributed by atoms with van der Waals surface area (Å²) in [5, 5.41) is 17.2. The second-order valence-electron chi connectivity index (χ2n) is 6.54. The lowest BCUT2D eigenvalue weighted by Gasteiger charge is -2.18. The zero-order chi connectivity index (χ0) is 20.8. The zero-order valence-corrected chi connectivity index (χ0v) is 18.0. The maximum atomic E-state index is 12.5. The molecule has 3 aromatic rings. The number of carbonyl (C=O) groups excluding carboxylic acids is 2. The van der Waals surface area contributed by atoms with Gasteiger partial charge in [0.25, 0.3) is 5.91 Å². The van der Waals surface area contributed by atoms with Gasteiger partial charge in [0.05, 0.1) is 11.8 Å². The second-order valence-corrected chi connectivity index (χ2v) is 8.38. The molecule has 2 amide bonds. The normalized spacial score (nSPS) is 12.0. The average molecular weight is 431 g/mol. The Morgan fingerprint density at radius 1 is 1.17 bits per heavy atom. The van der Waals surface area contributed by atoms with E-state index in [0.29, 0.717) is 21.7 Å². The highest BCUT2D eigenvalue weighted by molar-refractivity contribution is 7.99. The average Bonchev–Trinajstić information content (AvgIpc) is 3.36. The number of rotatable bonds is 8. The molecule has 0 aliphatic rings. The Morgan fingerprint density at radius 3 is 2.59 bits per heavy atom. The summed E-state index contributed by atoms with van der Waals surface area (Å²) < 4.78 is 1.94. The molecule has 1 unspecified atom stereocenters. The minimum Gasteiger partial charge on any atom is -0.342 e. The number of thioether (sulfide) groups is 1. The van der Waals surface area contributed by atoms with Crippen LogP contribution in [-0.2, 0) is 4.79 Å². The third-order valence-corrected chi connectivity index (χ3v) is 5.62. The van der Waals surface area contributed by atoms with E-state index in [1.165, 1.54) is 23.1 Å². The summed E-state index contributed by atoms with van der Waals surface area (Å²) in [6, 6.07) is 8.76. The highest BCUT2D eigenvalue weighted by Gasteiger charge is 2.22. The van der Waals surface area contributed by atoms with Crippen LogP contribution in [0.15, 0.2) is 47.1 Å². The molecule has 0 bridgehead atoms. The summed E-state index contributed by atoms with van der Waals surface area (Å²) in [7, 11) is 0. The van der Waals surface area contributed by atoms with Gasteiger partial charge in [0.2, 0.25) is 5.91 Å². The number of anilines is 1. The van der Waals surface area contributed by atoms with Crippen molar-refractivity contribution >= 4 is 40.0 Å². The van der Waals surface area contributed by atoms with Crippen molar-refractivity contribution in [1.29, 1.82) is 0 Å². The van der Waals surface area contributed by atoms with Crippen LogP contribution < -0.4 is 10.6 Å². The molecule has 152 valence electrons. The predicted molar refractivity (Wildman–Crippen MR) is 114 cm³/mol. The first-order chi connectivity index (χ1) is 14.0. The summed E-state index contributed by atoms with van der Waals surface area (Å²) in [6.45, 7) is 5.89. The smallest absolute Gasteiger partial charge is 0.251 e. The van der Waals surface area contributed by atoms with Gasteiger partial charge in [-0.3, -0.25) is 9.59 Å². The van der Waals surface area contributed by atoms with Crippen LogP contribution in [0, 0.1) is 0 Å². The predicted octanol–water partition coefficient (Wildman–Crippen LogP) is 3.54. The summed E-state index contributed by atoms with van der Waals surface area (Å²) in [5.41, 5.74) is 0.586. The highest BCUT2D eigenvalue weighted by atomic mass is 32.2. The molecule has 1 aromatic carbocycles. The monoisotopic (exact) mass is 430 g/mol. The summed E-state index contributed by atoms with van der Waals surface area (Å²) >= 11 is 2.67. The first-order valence-electron chi connectivity index (χ1n) is 9.08. The third-order valence-electron chi connectivity index (χ3n) is 3.99.